The predicted molar refractivity (Wildman–Crippen MR) is 94.3 cm³/mol. The summed E-state index contributed by atoms with van der Waals surface area (Å²) in [7, 11) is 4.15. The molecule has 0 saturated carbocycles. The van der Waals surface area contributed by atoms with Crippen molar-refractivity contribution in [1.29, 1.82) is 0 Å². The molecule has 1 aliphatic rings. The van der Waals surface area contributed by atoms with Crippen LogP contribution in [-0.2, 0) is 6.54 Å². The summed E-state index contributed by atoms with van der Waals surface area (Å²) in [6, 6.07) is 17.9. The number of hydrogen-bond donors (Lipinski definition) is 1. The molecule has 1 aliphatic heterocycles. The molecule has 1 N–H and O–H groups in total. The van der Waals surface area contributed by atoms with Gasteiger partial charge in [0.1, 0.15) is 6.17 Å². The molecule has 3 heteroatoms. The van der Waals surface area contributed by atoms with Crippen LogP contribution in [-0.4, -0.2) is 25.0 Å². The number of nitrogens with one attached hydrogen (secondary N) is 1. The molecule has 0 spiro atoms. The van der Waals surface area contributed by atoms with Gasteiger partial charge in [-0.05, 0) is 43.2 Å². The fourth-order valence-corrected chi connectivity index (χ4v) is 3.03. The molecular formula is C19H25N3. The first kappa shape index (κ1) is 14.9. The van der Waals surface area contributed by atoms with Crippen molar-refractivity contribution in [3.63, 3.8) is 0 Å². The van der Waals surface area contributed by atoms with Crippen molar-refractivity contribution in [3.05, 3.63) is 59.7 Å². The Morgan fingerprint density at radius 1 is 1.05 bits per heavy atom. The summed E-state index contributed by atoms with van der Waals surface area (Å²) in [6.07, 6.45) is 0.228. The molecule has 1 unspecified atom stereocenters. The topological polar surface area (TPSA) is 18.5 Å². The molecule has 0 aromatic heterocycles. The maximum absolute atomic E-state index is 3.71. The second-order valence-electron chi connectivity index (χ2n) is 6.46. The van der Waals surface area contributed by atoms with Gasteiger partial charge in [-0.25, -0.2) is 0 Å². The molecule has 0 bridgehead atoms. The van der Waals surface area contributed by atoms with Gasteiger partial charge in [0.05, 0.1) is 0 Å². The number of fused-ring (bicyclic) bond motifs is 1. The highest BCUT2D eigenvalue weighted by atomic mass is 15.3. The maximum atomic E-state index is 3.71. The minimum Gasteiger partial charge on any atom is -0.378 e. The van der Waals surface area contributed by atoms with Crippen LogP contribution in [0.2, 0.25) is 0 Å². The van der Waals surface area contributed by atoms with Gasteiger partial charge >= 0.3 is 0 Å². The Balaban J connectivity index is 1.93. The maximum Gasteiger partial charge on any atom is 0.106 e. The third-order valence-electron chi connectivity index (χ3n) is 4.38. The largest absolute Gasteiger partial charge is 0.378 e. The lowest BCUT2D eigenvalue weighted by Gasteiger charge is -2.41. The highest BCUT2D eigenvalue weighted by molar-refractivity contribution is 5.55. The van der Waals surface area contributed by atoms with Crippen LogP contribution in [0.1, 0.15) is 31.1 Å². The summed E-state index contributed by atoms with van der Waals surface area (Å²) in [5.41, 5.74) is 5.17. The molecule has 2 aromatic rings. The number of nitrogens with zero attached hydrogens (tertiary/aromatic N) is 2. The zero-order chi connectivity index (χ0) is 15.7. The third-order valence-corrected chi connectivity index (χ3v) is 4.38. The Morgan fingerprint density at radius 3 is 2.36 bits per heavy atom. The summed E-state index contributed by atoms with van der Waals surface area (Å²) < 4.78 is 0. The fourth-order valence-electron chi connectivity index (χ4n) is 3.03. The number of para-hydroxylation sites is 1. The van der Waals surface area contributed by atoms with E-state index >= 15 is 0 Å². The molecule has 3 rings (SSSR count). The lowest BCUT2D eigenvalue weighted by Crippen LogP contribution is -2.41. The smallest absolute Gasteiger partial charge is 0.106 e. The highest BCUT2D eigenvalue weighted by Crippen LogP contribution is 2.34. The van der Waals surface area contributed by atoms with Crippen LogP contribution < -0.4 is 10.2 Å². The third kappa shape index (κ3) is 2.81. The van der Waals surface area contributed by atoms with E-state index in [9.17, 15) is 0 Å². The van der Waals surface area contributed by atoms with Crippen LogP contribution in [0.3, 0.4) is 0 Å². The minimum atomic E-state index is 0.228. The van der Waals surface area contributed by atoms with Gasteiger partial charge in [-0.1, -0.05) is 30.3 Å². The Morgan fingerprint density at radius 2 is 1.73 bits per heavy atom. The first-order chi connectivity index (χ1) is 10.6. The molecule has 116 valence electrons. The molecule has 22 heavy (non-hydrogen) atoms. The van der Waals surface area contributed by atoms with E-state index in [2.05, 4.69) is 91.6 Å². The summed E-state index contributed by atoms with van der Waals surface area (Å²) >= 11 is 0. The summed E-state index contributed by atoms with van der Waals surface area (Å²) in [5.74, 6) is 0. The lowest BCUT2D eigenvalue weighted by atomic mass is 10.0. The Kier molecular flexibility index (Phi) is 4.08. The molecular weight excluding hydrogens is 270 g/mol. The Hall–Kier alpha value is -2.00. The molecule has 1 heterocycles. The van der Waals surface area contributed by atoms with Crippen molar-refractivity contribution in [2.45, 2.75) is 32.6 Å². The van der Waals surface area contributed by atoms with Gasteiger partial charge in [-0.2, -0.15) is 0 Å². The van der Waals surface area contributed by atoms with Crippen LogP contribution in [0.25, 0.3) is 0 Å². The zero-order valence-electron chi connectivity index (χ0n) is 13.9. The van der Waals surface area contributed by atoms with E-state index < -0.39 is 0 Å². The van der Waals surface area contributed by atoms with E-state index in [1.54, 1.807) is 0 Å². The molecule has 0 aliphatic carbocycles. The molecule has 0 fully saturated rings. The summed E-state index contributed by atoms with van der Waals surface area (Å²) in [5, 5.41) is 3.71. The number of rotatable bonds is 3. The second-order valence-corrected chi connectivity index (χ2v) is 6.46. The van der Waals surface area contributed by atoms with Crippen LogP contribution in [0, 0.1) is 0 Å². The average molecular weight is 295 g/mol. The van der Waals surface area contributed by atoms with Gasteiger partial charge in [0.15, 0.2) is 0 Å². The van der Waals surface area contributed by atoms with E-state index in [1.165, 1.54) is 22.5 Å². The molecule has 3 nitrogen and oxygen atoms in total. The van der Waals surface area contributed by atoms with Crippen molar-refractivity contribution in [2.75, 3.05) is 24.3 Å². The van der Waals surface area contributed by atoms with Gasteiger partial charge in [-0.3, -0.25) is 4.90 Å². The minimum absolute atomic E-state index is 0.228. The first-order valence-electron chi connectivity index (χ1n) is 7.93. The summed E-state index contributed by atoms with van der Waals surface area (Å²) in [4.78, 5) is 4.64. The predicted octanol–water partition coefficient (Wildman–Crippen LogP) is 4.09. The van der Waals surface area contributed by atoms with E-state index in [1.807, 2.05) is 0 Å². The van der Waals surface area contributed by atoms with Gasteiger partial charge in [0.2, 0.25) is 0 Å². The van der Waals surface area contributed by atoms with Gasteiger partial charge in [0.25, 0.3) is 0 Å². The van der Waals surface area contributed by atoms with Crippen LogP contribution in [0.4, 0.5) is 11.4 Å². The van der Waals surface area contributed by atoms with Crippen LogP contribution >= 0.6 is 0 Å². The average Bonchev–Trinajstić information content (AvgIpc) is 2.53. The fraction of sp³-hybridized carbons (Fsp3) is 0.368. The monoisotopic (exact) mass is 295 g/mol. The SMILES string of the molecule is CC(C)N1Cc2ccccc2NC1c1ccc(N(C)C)cc1. The van der Waals surface area contributed by atoms with Crippen molar-refractivity contribution >= 4 is 11.4 Å². The Bertz CT molecular complexity index is 631. The molecule has 2 aromatic carbocycles. The second kappa shape index (κ2) is 6.01. The molecule has 1 atom stereocenters. The van der Waals surface area contributed by atoms with Gasteiger partial charge in [-0.15, -0.1) is 0 Å². The van der Waals surface area contributed by atoms with E-state index in [-0.39, 0.29) is 6.17 Å². The normalized spacial score (nSPS) is 18.0. The highest BCUT2D eigenvalue weighted by Gasteiger charge is 2.28. The van der Waals surface area contributed by atoms with E-state index in [4.69, 9.17) is 0 Å². The number of anilines is 2. The Labute approximate surface area is 133 Å². The summed E-state index contributed by atoms with van der Waals surface area (Å²) in [6.45, 7) is 5.51. The lowest BCUT2D eigenvalue weighted by molar-refractivity contribution is 0.153. The molecule has 0 saturated heterocycles. The number of hydrogen-bond acceptors (Lipinski definition) is 3. The van der Waals surface area contributed by atoms with Crippen molar-refractivity contribution < 1.29 is 0 Å². The van der Waals surface area contributed by atoms with Gasteiger partial charge in [0, 0.05) is 38.1 Å². The number of benzene rings is 2. The van der Waals surface area contributed by atoms with E-state index in [0.29, 0.717) is 6.04 Å². The van der Waals surface area contributed by atoms with Crippen LogP contribution in [0.15, 0.2) is 48.5 Å². The standard InChI is InChI=1S/C19H25N3/c1-14(2)22-13-16-7-5-6-8-18(16)20-19(22)15-9-11-17(12-10-15)21(3)4/h5-12,14,19-20H,13H2,1-4H3. The van der Waals surface area contributed by atoms with Crippen molar-refractivity contribution in [3.8, 4) is 0 Å². The van der Waals surface area contributed by atoms with Crippen molar-refractivity contribution in [2.24, 2.45) is 0 Å². The molecule has 0 amide bonds. The molecule has 0 radical (unpaired) electrons. The first-order valence-corrected chi connectivity index (χ1v) is 7.93. The zero-order valence-corrected chi connectivity index (χ0v) is 13.9. The quantitative estimate of drug-likeness (QED) is 0.920. The van der Waals surface area contributed by atoms with Gasteiger partial charge < -0.3 is 10.2 Å². The van der Waals surface area contributed by atoms with E-state index in [0.717, 1.165) is 6.54 Å². The van der Waals surface area contributed by atoms with Crippen molar-refractivity contribution in [1.82, 2.24) is 4.90 Å². The van der Waals surface area contributed by atoms with Crippen LogP contribution in [0.5, 0.6) is 0 Å².